The van der Waals surface area contributed by atoms with E-state index in [0.29, 0.717) is 28.3 Å². The first kappa shape index (κ1) is 18.8. The Labute approximate surface area is 164 Å². The molecule has 0 aliphatic rings. The maximum atomic E-state index is 11.4. The van der Waals surface area contributed by atoms with Crippen molar-refractivity contribution in [3.8, 4) is 11.5 Å². The molecule has 5 nitrogen and oxygen atoms in total. The van der Waals surface area contributed by atoms with Crippen LogP contribution in [0, 0.1) is 0 Å². The van der Waals surface area contributed by atoms with Crippen LogP contribution in [0.25, 0.3) is 23.1 Å². The number of carbonyl (C=O) groups excluding carboxylic acids is 2. The molecule has 0 saturated heterocycles. The maximum Gasteiger partial charge on any atom is 0.308 e. The lowest BCUT2D eigenvalue weighted by atomic mass is 10.1. The number of carbonyl (C=O) groups is 2. The zero-order valence-corrected chi connectivity index (χ0v) is 16.3. The van der Waals surface area contributed by atoms with Gasteiger partial charge in [0.1, 0.15) is 11.5 Å². The highest BCUT2D eigenvalue weighted by molar-refractivity contribution is 9.10. The standard InChI is InChI=1S/C21H16BrNO4/c1-13(24)26-20-10-8-16(22)11-15(20)7-9-17-12-21(27-14(2)25)18-5-3-4-6-19(18)23-17/h3-12H,1-2H3. The van der Waals surface area contributed by atoms with Gasteiger partial charge in [0.2, 0.25) is 0 Å². The van der Waals surface area contributed by atoms with E-state index in [1.807, 2.05) is 30.3 Å². The predicted octanol–water partition coefficient (Wildman–Crippen LogP) is 5.02. The lowest BCUT2D eigenvalue weighted by molar-refractivity contribution is -0.132. The van der Waals surface area contributed by atoms with Gasteiger partial charge in [-0.3, -0.25) is 9.59 Å². The third kappa shape index (κ3) is 4.80. The summed E-state index contributed by atoms with van der Waals surface area (Å²) in [5.41, 5.74) is 2.03. The summed E-state index contributed by atoms with van der Waals surface area (Å²) in [5.74, 6) is 0.100. The van der Waals surface area contributed by atoms with Crippen molar-refractivity contribution < 1.29 is 19.1 Å². The maximum absolute atomic E-state index is 11.4. The first-order valence-corrected chi connectivity index (χ1v) is 8.96. The van der Waals surface area contributed by atoms with Crippen LogP contribution < -0.4 is 9.47 Å². The van der Waals surface area contributed by atoms with E-state index in [0.717, 1.165) is 9.86 Å². The number of nitrogens with zero attached hydrogens (tertiary/aromatic N) is 1. The van der Waals surface area contributed by atoms with E-state index in [1.165, 1.54) is 13.8 Å². The van der Waals surface area contributed by atoms with Gasteiger partial charge in [-0.15, -0.1) is 0 Å². The molecule has 0 bridgehead atoms. The van der Waals surface area contributed by atoms with E-state index >= 15 is 0 Å². The number of halogens is 1. The highest BCUT2D eigenvalue weighted by atomic mass is 79.9. The van der Waals surface area contributed by atoms with Gasteiger partial charge in [0, 0.05) is 35.3 Å². The van der Waals surface area contributed by atoms with Crippen LogP contribution in [0.1, 0.15) is 25.1 Å². The number of ether oxygens (including phenoxy) is 2. The van der Waals surface area contributed by atoms with Crippen LogP contribution in [0.4, 0.5) is 0 Å². The number of benzene rings is 2. The number of rotatable bonds is 4. The molecule has 0 spiro atoms. The van der Waals surface area contributed by atoms with Gasteiger partial charge in [0.05, 0.1) is 11.2 Å². The highest BCUT2D eigenvalue weighted by Crippen LogP contribution is 2.28. The van der Waals surface area contributed by atoms with Crippen LogP contribution in [0.15, 0.2) is 53.0 Å². The number of fused-ring (bicyclic) bond motifs is 1. The lowest BCUT2D eigenvalue weighted by Crippen LogP contribution is -2.03. The van der Waals surface area contributed by atoms with Gasteiger partial charge in [-0.1, -0.05) is 28.1 Å². The Bertz CT molecular complexity index is 1060. The number of para-hydroxylation sites is 1. The number of esters is 2. The molecule has 1 aromatic heterocycles. The Hall–Kier alpha value is -2.99. The molecule has 0 N–H and O–H groups in total. The van der Waals surface area contributed by atoms with Crippen molar-refractivity contribution in [3.63, 3.8) is 0 Å². The van der Waals surface area contributed by atoms with Crippen molar-refractivity contribution in [2.45, 2.75) is 13.8 Å². The van der Waals surface area contributed by atoms with Crippen molar-refractivity contribution in [1.82, 2.24) is 4.98 Å². The third-order valence-corrected chi connectivity index (χ3v) is 4.10. The van der Waals surface area contributed by atoms with Gasteiger partial charge in [-0.2, -0.15) is 0 Å². The molecule has 0 atom stereocenters. The van der Waals surface area contributed by atoms with E-state index in [1.54, 1.807) is 30.4 Å². The second-order valence-electron chi connectivity index (χ2n) is 5.77. The lowest BCUT2D eigenvalue weighted by Gasteiger charge is -2.08. The molecule has 0 amide bonds. The summed E-state index contributed by atoms with van der Waals surface area (Å²) in [6, 6.07) is 14.5. The van der Waals surface area contributed by atoms with Crippen LogP contribution >= 0.6 is 15.9 Å². The summed E-state index contributed by atoms with van der Waals surface area (Å²) in [5, 5.41) is 0.757. The Morgan fingerprint density at radius 2 is 1.63 bits per heavy atom. The van der Waals surface area contributed by atoms with Crippen LogP contribution in [0.2, 0.25) is 0 Å². The minimum absolute atomic E-state index is 0.395. The smallest absolute Gasteiger partial charge is 0.308 e. The summed E-state index contributed by atoms with van der Waals surface area (Å²) >= 11 is 3.41. The SMILES string of the molecule is CC(=O)Oc1ccc(Br)cc1C=Cc1cc(OC(C)=O)c2ccccc2n1. The molecule has 6 heteroatoms. The molecule has 27 heavy (non-hydrogen) atoms. The summed E-state index contributed by atoms with van der Waals surface area (Å²) < 4.78 is 11.4. The summed E-state index contributed by atoms with van der Waals surface area (Å²) in [7, 11) is 0. The normalized spacial score (nSPS) is 10.9. The zero-order valence-electron chi connectivity index (χ0n) is 14.7. The monoisotopic (exact) mass is 425 g/mol. The van der Waals surface area contributed by atoms with Crippen molar-refractivity contribution in [2.24, 2.45) is 0 Å². The Balaban J connectivity index is 2.03. The molecule has 0 fully saturated rings. The van der Waals surface area contributed by atoms with Crippen LogP contribution in [-0.2, 0) is 9.59 Å². The van der Waals surface area contributed by atoms with Crippen LogP contribution in [0.3, 0.4) is 0 Å². The number of pyridine rings is 1. The first-order chi connectivity index (χ1) is 12.9. The van der Waals surface area contributed by atoms with Gasteiger partial charge in [0.25, 0.3) is 0 Å². The fourth-order valence-electron chi connectivity index (χ4n) is 2.56. The molecule has 0 radical (unpaired) electrons. The minimum atomic E-state index is -0.398. The number of aromatic nitrogens is 1. The summed E-state index contributed by atoms with van der Waals surface area (Å²) in [6.45, 7) is 2.71. The van der Waals surface area contributed by atoms with Crippen LogP contribution in [-0.4, -0.2) is 16.9 Å². The van der Waals surface area contributed by atoms with Crippen molar-refractivity contribution in [3.05, 3.63) is 64.3 Å². The topological polar surface area (TPSA) is 65.5 Å². The number of hydrogen-bond acceptors (Lipinski definition) is 5. The van der Waals surface area contributed by atoms with Crippen molar-refractivity contribution in [1.29, 1.82) is 0 Å². The van der Waals surface area contributed by atoms with Gasteiger partial charge < -0.3 is 9.47 Å². The third-order valence-electron chi connectivity index (χ3n) is 3.61. The van der Waals surface area contributed by atoms with Gasteiger partial charge >= 0.3 is 11.9 Å². The summed E-state index contributed by atoms with van der Waals surface area (Å²) in [6.07, 6.45) is 3.56. The second kappa shape index (κ2) is 8.14. The Morgan fingerprint density at radius 1 is 0.926 bits per heavy atom. The van der Waals surface area contributed by atoms with Crippen molar-refractivity contribution >= 4 is 50.9 Å². The van der Waals surface area contributed by atoms with Gasteiger partial charge in [-0.05, 0) is 42.5 Å². The fourth-order valence-corrected chi connectivity index (χ4v) is 2.94. The average Bonchev–Trinajstić information content (AvgIpc) is 2.61. The second-order valence-corrected chi connectivity index (χ2v) is 6.68. The van der Waals surface area contributed by atoms with Gasteiger partial charge in [-0.25, -0.2) is 4.98 Å². The fraction of sp³-hybridized carbons (Fsp3) is 0.0952. The molecule has 3 rings (SSSR count). The van der Waals surface area contributed by atoms with E-state index in [4.69, 9.17) is 9.47 Å². The quantitative estimate of drug-likeness (QED) is 0.433. The van der Waals surface area contributed by atoms with E-state index in [2.05, 4.69) is 20.9 Å². The predicted molar refractivity (Wildman–Crippen MR) is 107 cm³/mol. The molecule has 3 aromatic rings. The zero-order chi connectivity index (χ0) is 19.4. The largest absolute Gasteiger partial charge is 0.426 e. The van der Waals surface area contributed by atoms with E-state index < -0.39 is 11.9 Å². The first-order valence-electron chi connectivity index (χ1n) is 8.16. The van der Waals surface area contributed by atoms with Gasteiger partial charge in [0.15, 0.2) is 0 Å². The minimum Gasteiger partial charge on any atom is -0.426 e. The molecule has 0 unspecified atom stereocenters. The molecular formula is C21H16BrNO4. The van der Waals surface area contributed by atoms with Crippen LogP contribution in [0.5, 0.6) is 11.5 Å². The molecule has 0 aliphatic carbocycles. The molecule has 0 aliphatic heterocycles. The Morgan fingerprint density at radius 3 is 2.37 bits per heavy atom. The average molecular weight is 426 g/mol. The Kier molecular flexibility index (Phi) is 5.66. The molecular weight excluding hydrogens is 410 g/mol. The number of hydrogen-bond donors (Lipinski definition) is 0. The van der Waals surface area contributed by atoms with E-state index in [9.17, 15) is 9.59 Å². The molecule has 1 heterocycles. The molecule has 0 saturated carbocycles. The summed E-state index contributed by atoms with van der Waals surface area (Å²) in [4.78, 5) is 27.3. The van der Waals surface area contributed by atoms with E-state index in [-0.39, 0.29) is 0 Å². The van der Waals surface area contributed by atoms with Crippen molar-refractivity contribution in [2.75, 3.05) is 0 Å². The molecule has 136 valence electrons. The molecule has 2 aromatic carbocycles. The highest BCUT2D eigenvalue weighted by Gasteiger charge is 2.09.